The molecule has 1 aromatic carbocycles. The molecule has 5 heteroatoms. The van der Waals surface area contributed by atoms with Crippen molar-refractivity contribution in [3.63, 3.8) is 0 Å². The van der Waals surface area contributed by atoms with Crippen molar-refractivity contribution in [2.24, 2.45) is 0 Å². The number of halogens is 2. The molecule has 0 atom stereocenters. The lowest BCUT2D eigenvalue weighted by Crippen LogP contribution is -2.35. The van der Waals surface area contributed by atoms with E-state index in [4.69, 9.17) is 11.6 Å². The molecule has 0 aliphatic heterocycles. The molecule has 2 aromatic rings. The molecule has 0 bridgehead atoms. The van der Waals surface area contributed by atoms with E-state index < -0.39 is 0 Å². The molecule has 3 nitrogen and oxygen atoms in total. The van der Waals surface area contributed by atoms with E-state index in [1.807, 2.05) is 37.8 Å². The Labute approximate surface area is 120 Å². The van der Waals surface area contributed by atoms with Gasteiger partial charge in [-0.05, 0) is 55.0 Å². The lowest BCUT2D eigenvalue weighted by atomic mass is 10.0. The van der Waals surface area contributed by atoms with Crippen LogP contribution in [0.3, 0.4) is 0 Å². The number of rotatable bonds is 3. The highest BCUT2D eigenvalue weighted by Gasteiger charge is 2.23. The Morgan fingerprint density at radius 3 is 2.72 bits per heavy atom. The molecule has 0 unspecified atom stereocenters. The summed E-state index contributed by atoms with van der Waals surface area (Å²) in [5, 5.41) is 3.99. The molecule has 0 radical (unpaired) electrons. The van der Waals surface area contributed by atoms with Gasteiger partial charge >= 0.3 is 0 Å². The smallest absolute Gasteiger partial charge is 0.0995 e. The van der Waals surface area contributed by atoms with Crippen LogP contribution in [0.15, 0.2) is 35.2 Å². The van der Waals surface area contributed by atoms with Crippen molar-refractivity contribution in [3.05, 3.63) is 45.9 Å². The first kappa shape index (κ1) is 13.6. The van der Waals surface area contributed by atoms with Crippen molar-refractivity contribution in [3.8, 4) is 5.69 Å². The number of nitrogens with one attached hydrogen (secondary N) is 1. The number of aromatic nitrogens is 2. The van der Waals surface area contributed by atoms with Gasteiger partial charge in [0.05, 0.1) is 29.4 Å². The fourth-order valence-corrected chi connectivity index (χ4v) is 2.63. The van der Waals surface area contributed by atoms with Crippen LogP contribution in [-0.4, -0.2) is 16.6 Å². The molecule has 2 rings (SSSR count). The third-order valence-corrected chi connectivity index (χ3v) is 3.94. The van der Waals surface area contributed by atoms with Gasteiger partial charge in [-0.25, -0.2) is 4.98 Å². The van der Waals surface area contributed by atoms with Gasteiger partial charge in [0.2, 0.25) is 0 Å². The van der Waals surface area contributed by atoms with Gasteiger partial charge in [-0.15, -0.1) is 0 Å². The minimum absolute atomic E-state index is 0.157. The molecule has 0 aliphatic carbocycles. The number of nitrogens with zero attached hydrogens (tertiary/aromatic N) is 2. The largest absolute Gasteiger partial charge is 0.310 e. The van der Waals surface area contributed by atoms with Crippen LogP contribution in [0.4, 0.5) is 0 Å². The average Bonchev–Trinajstić information content (AvgIpc) is 2.78. The van der Waals surface area contributed by atoms with Gasteiger partial charge in [0.25, 0.3) is 0 Å². The van der Waals surface area contributed by atoms with Crippen molar-refractivity contribution in [1.29, 1.82) is 0 Å². The Morgan fingerprint density at radius 1 is 1.39 bits per heavy atom. The first-order valence-corrected chi connectivity index (χ1v) is 6.80. The fourth-order valence-electron chi connectivity index (χ4n) is 1.75. The molecule has 1 N–H and O–H groups in total. The second-order valence-corrected chi connectivity index (χ2v) is 5.91. The predicted molar refractivity (Wildman–Crippen MR) is 78.4 cm³/mol. The summed E-state index contributed by atoms with van der Waals surface area (Å²) < 4.78 is 3.00. The fraction of sp³-hybridized carbons (Fsp3) is 0.308. The topological polar surface area (TPSA) is 29.9 Å². The SMILES string of the molecule is CNC(C)(C)c1cncn1-c1ccc(Cl)cc1Br. The molecule has 0 aliphatic rings. The molecule has 0 amide bonds. The first-order valence-electron chi connectivity index (χ1n) is 5.63. The number of benzene rings is 1. The normalized spacial score (nSPS) is 11.8. The first-order chi connectivity index (χ1) is 8.45. The maximum atomic E-state index is 5.97. The van der Waals surface area contributed by atoms with Gasteiger partial charge in [-0.3, -0.25) is 0 Å². The number of hydrogen-bond acceptors (Lipinski definition) is 2. The molecule has 0 fully saturated rings. The van der Waals surface area contributed by atoms with Crippen LogP contribution in [-0.2, 0) is 5.54 Å². The van der Waals surface area contributed by atoms with Gasteiger partial charge in [-0.2, -0.15) is 0 Å². The van der Waals surface area contributed by atoms with Crippen LogP contribution in [0.5, 0.6) is 0 Å². The van der Waals surface area contributed by atoms with E-state index in [1.54, 1.807) is 0 Å². The van der Waals surface area contributed by atoms with Crippen molar-refractivity contribution in [2.45, 2.75) is 19.4 Å². The summed E-state index contributed by atoms with van der Waals surface area (Å²) in [5.74, 6) is 0. The standard InChI is InChI=1S/C13H15BrClN3/c1-13(2,16-3)12-7-17-8-18(12)11-5-4-9(15)6-10(11)14/h4-8,16H,1-3H3. The van der Waals surface area contributed by atoms with Gasteiger partial charge < -0.3 is 9.88 Å². The molecular weight excluding hydrogens is 314 g/mol. The van der Waals surface area contributed by atoms with Gasteiger partial charge in [-0.1, -0.05) is 11.6 Å². The molecule has 0 saturated heterocycles. The highest BCUT2D eigenvalue weighted by molar-refractivity contribution is 9.10. The second-order valence-electron chi connectivity index (χ2n) is 4.62. The summed E-state index contributed by atoms with van der Waals surface area (Å²) in [6, 6.07) is 5.73. The molecule has 1 aromatic heterocycles. The van der Waals surface area contributed by atoms with E-state index in [1.165, 1.54) is 0 Å². The van der Waals surface area contributed by atoms with Gasteiger partial charge in [0.15, 0.2) is 0 Å². The van der Waals surface area contributed by atoms with Crippen LogP contribution in [0, 0.1) is 0 Å². The minimum atomic E-state index is -0.157. The van der Waals surface area contributed by atoms with Crippen LogP contribution in [0.2, 0.25) is 5.02 Å². The highest BCUT2D eigenvalue weighted by Crippen LogP contribution is 2.29. The minimum Gasteiger partial charge on any atom is -0.310 e. The van der Waals surface area contributed by atoms with Crippen LogP contribution < -0.4 is 5.32 Å². The van der Waals surface area contributed by atoms with Crippen LogP contribution >= 0.6 is 27.5 Å². The molecule has 0 saturated carbocycles. The zero-order chi connectivity index (χ0) is 13.3. The van der Waals surface area contributed by atoms with E-state index in [0.717, 1.165) is 15.9 Å². The zero-order valence-corrected chi connectivity index (χ0v) is 12.9. The molecule has 18 heavy (non-hydrogen) atoms. The van der Waals surface area contributed by atoms with E-state index in [2.05, 4.69) is 44.6 Å². The summed E-state index contributed by atoms with van der Waals surface area (Å²) >= 11 is 9.51. The lowest BCUT2D eigenvalue weighted by Gasteiger charge is -2.25. The molecule has 1 heterocycles. The van der Waals surface area contributed by atoms with E-state index >= 15 is 0 Å². The Morgan fingerprint density at radius 2 is 2.11 bits per heavy atom. The highest BCUT2D eigenvalue weighted by atomic mass is 79.9. The Kier molecular flexibility index (Phi) is 3.80. The zero-order valence-electron chi connectivity index (χ0n) is 10.5. The third-order valence-electron chi connectivity index (χ3n) is 3.07. The van der Waals surface area contributed by atoms with Crippen LogP contribution in [0.25, 0.3) is 5.69 Å². The maximum Gasteiger partial charge on any atom is 0.0995 e. The average molecular weight is 329 g/mol. The maximum absolute atomic E-state index is 5.97. The second kappa shape index (κ2) is 5.03. The van der Waals surface area contributed by atoms with E-state index in [-0.39, 0.29) is 5.54 Å². The molecule has 0 spiro atoms. The summed E-state index contributed by atoms with van der Waals surface area (Å²) in [7, 11) is 1.94. The predicted octanol–water partition coefficient (Wildman–Crippen LogP) is 3.74. The lowest BCUT2D eigenvalue weighted by molar-refractivity contribution is 0.424. The number of hydrogen-bond donors (Lipinski definition) is 1. The summed E-state index contributed by atoms with van der Waals surface area (Å²) in [6.45, 7) is 4.23. The van der Waals surface area contributed by atoms with Gasteiger partial charge in [0, 0.05) is 9.50 Å². The quantitative estimate of drug-likeness (QED) is 0.930. The van der Waals surface area contributed by atoms with E-state index in [9.17, 15) is 0 Å². The Hall–Kier alpha value is -0.840. The molecular formula is C13H15BrClN3. The van der Waals surface area contributed by atoms with Crippen molar-refractivity contribution >= 4 is 27.5 Å². The van der Waals surface area contributed by atoms with Crippen LogP contribution in [0.1, 0.15) is 19.5 Å². The summed E-state index contributed by atoms with van der Waals surface area (Å²) in [5.41, 5.74) is 1.96. The Balaban J connectivity index is 2.56. The summed E-state index contributed by atoms with van der Waals surface area (Å²) in [6.07, 6.45) is 3.68. The van der Waals surface area contributed by atoms with Crippen molar-refractivity contribution in [2.75, 3.05) is 7.05 Å². The van der Waals surface area contributed by atoms with Gasteiger partial charge in [0.1, 0.15) is 0 Å². The third kappa shape index (κ3) is 2.46. The monoisotopic (exact) mass is 327 g/mol. The number of imidazole rings is 1. The van der Waals surface area contributed by atoms with E-state index in [0.29, 0.717) is 5.02 Å². The van der Waals surface area contributed by atoms with Crippen molar-refractivity contribution < 1.29 is 0 Å². The van der Waals surface area contributed by atoms with Crippen molar-refractivity contribution in [1.82, 2.24) is 14.9 Å². The molecule has 96 valence electrons. The Bertz CT molecular complexity index is 563. The summed E-state index contributed by atoms with van der Waals surface area (Å²) in [4.78, 5) is 4.25.